The third-order valence-electron chi connectivity index (χ3n) is 2.70. The average molecular weight is 311 g/mol. The maximum absolute atomic E-state index is 12.4. The van der Waals surface area contributed by atoms with Gasteiger partial charge in [-0.2, -0.15) is 0 Å². The molecule has 0 aliphatic rings. The van der Waals surface area contributed by atoms with Gasteiger partial charge < -0.3 is 9.84 Å². The highest BCUT2D eigenvalue weighted by Crippen LogP contribution is 2.15. The summed E-state index contributed by atoms with van der Waals surface area (Å²) in [4.78, 5) is 0.0956. The number of hydrogen-bond donors (Lipinski definition) is 2. The first-order valence-corrected chi connectivity index (χ1v) is 8.13. The number of nitrogens with one attached hydrogen (secondary N) is 1. The maximum Gasteiger partial charge on any atom is 0.241 e. The van der Waals surface area contributed by atoms with E-state index in [9.17, 15) is 8.42 Å². The zero-order valence-corrected chi connectivity index (χ0v) is 13.3. The number of benzene rings is 1. The Kier molecular flexibility index (Phi) is 6.37. The molecule has 0 aliphatic heterocycles. The smallest absolute Gasteiger partial charge is 0.241 e. The van der Waals surface area contributed by atoms with Crippen molar-refractivity contribution >= 4 is 10.0 Å². The zero-order chi connectivity index (χ0) is 15.9. The van der Waals surface area contributed by atoms with Crippen LogP contribution in [0.1, 0.15) is 26.3 Å². The van der Waals surface area contributed by atoms with Crippen LogP contribution in [0.2, 0.25) is 0 Å². The van der Waals surface area contributed by atoms with Gasteiger partial charge in [0.15, 0.2) is 0 Å². The standard InChI is InChI=1S/C15H21NO4S/c1-4-20-15(2,3)12-16-21(18,19)14-10-6-5-8-13(14)9-7-11-17/h5-6,8,10,16-17H,4,11-12H2,1-3H3. The van der Waals surface area contributed by atoms with Gasteiger partial charge in [-0.25, -0.2) is 13.1 Å². The minimum atomic E-state index is -3.69. The predicted molar refractivity (Wildman–Crippen MR) is 81.3 cm³/mol. The summed E-state index contributed by atoms with van der Waals surface area (Å²) in [5, 5.41) is 8.74. The van der Waals surface area contributed by atoms with E-state index in [1.807, 2.05) is 20.8 Å². The molecule has 0 spiro atoms. The Morgan fingerprint density at radius 2 is 2.00 bits per heavy atom. The molecule has 0 atom stereocenters. The van der Waals surface area contributed by atoms with Gasteiger partial charge >= 0.3 is 0 Å². The first-order chi connectivity index (χ1) is 9.82. The number of aliphatic hydroxyl groups is 1. The van der Waals surface area contributed by atoms with Gasteiger partial charge in [0, 0.05) is 18.7 Å². The van der Waals surface area contributed by atoms with E-state index in [1.165, 1.54) is 6.07 Å². The monoisotopic (exact) mass is 311 g/mol. The Labute approximate surface area is 126 Å². The van der Waals surface area contributed by atoms with Crippen molar-refractivity contribution in [3.05, 3.63) is 29.8 Å². The van der Waals surface area contributed by atoms with Gasteiger partial charge in [-0.15, -0.1) is 0 Å². The highest BCUT2D eigenvalue weighted by atomic mass is 32.2. The Balaban J connectivity index is 2.99. The summed E-state index contributed by atoms with van der Waals surface area (Å²) in [7, 11) is -3.69. The molecule has 0 bridgehead atoms. The third-order valence-corrected chi connectivity index (χ3v) is 4.16. The van der Waals surface area contributed by atoms with Crippen LogP contribution >= 0.6 is 0 Å². The van der Waals surface area contributed by atoms with E-state index >= 15 is 0 Å². The number of rotatable bonds is 6. The minimum Gasteiger partial charge on any atom is -0.384 e. The van der Waals surface area contributed by atoms with Gasteiger partial charge in [-0.05, 0) is 32.9 Å². The van der Waals surface area contributed by atoms with Crippen molar-refractivity contribution in [2.45, 2.75) is 31.3 Å². The second-order valence-electron chi connectivity index (χ2n) is 4.97. The molecule has 116 valence electrons. The molecular formula is C15H21NO4S. The van der Waals surface area contributed by atoms with E-state index in [-0.39, 0.29) is 18.0 Å². The zero-order valence-electron chi connectivity index (χ0n) is 12.5. The lowest BCUT2D eigenvalue weighted by atomic mass is 10.1. The van der Waals surface area contributed by atoms with Crippen molar-refractivity contribution < 1.29 is 18.3 Å². The van der Waals surface area contributed by atoms with Gasteiger partial charge in [-0.1, -0.05) is 24.0 Å². The number of sulfonamides is 1. The van der Waals surface area contributed by atoms with Crippen LogP contribution in [0.15, 0.2) is 29.2 Å². The molecule has 0 aliphatic carbocycles. The van der Waals surface area contributed by atoms with Crippen LogP contribution in [-0.4, -0.2) is 38.9 Å². The van der Waals surface area contributed by atoms with E-state index in [4.69, 9.17) is 9.84 Å². The molecule has 0 saturated heterocycles. The van der Waals surface area contributed by atoms with Crippen molar-refractivity contribution in [2.75, 3.05) is 19.8 Å². The SMILES string of the molecule is CCOC(C)(C)CNS(=O)(=O)c1ccccc1C#CCO. The lowest BCUT2D eigenvalue weighted by molar-refractivity contribution is -0.00515. The number of aliphatic hydroxyl groups excluding tert-OH is 1. The lowest BCUT2D eigenvalue weighted by Gasteiger charge is -2.24. The van der Waals surface area contributed by atoms with E-state index in [0.717, 1.165) is 0 Å². The molecule has 0 radical (unpaired) electrons. The Morgan fingerprint density at radius 1 is 1.33 bits per heavy atom. The molecule has 0 aromatic heterocycles. The molecule has 5 nitrogen and oxygen atoms in total. The van der Waals surface area contributed by atoms with Crippen LogP contribution < -0.4 is 4.72 Å². The molecule has 6 heteroatoms. The van der Waals surface area contributed by atoms with Crippen LogP contribution in [0.25, 0.3) is 0 Å². The molecule has 0 heterocycles. The molecule has 1 aromatic carbocycles. The average Bonchev–Trinajstić information content (AvgIpc) is 2.43. The van der Waals surface area contributed by atoms with Gasteiger partial charge in [0.1, 0.15) is 6.61 Å². The van der Waals surface area contributed by atoms with Crippen LogP contribution in [0.5, 0.6) is 0 Å². The second kappa shape index (κ2) is 7.57. The minimum absolute atomic E-state index is 0.0956. The largest absolute Gasteiger partial charge is 0.384 e. The van der Waals surface area contributed by atoms with Crippen molar-refractivity contribution in [3.8, 4) is 11.8 Å². The fourth-order valence-electron chi connectivity index (χ4n) is 1.73. The predicted octanol–water partition coefficient (Wildman–Crippen LogP) is 1.12. The summed E-state index contributed by atoms with van der Waals surface area (Å²) >= 11 is 0. The highest BCUT2D eigenvalue weighted by Gasteiger charge is 2.23. The molecule has 1 rings (SSSR count). The molecule has 0 unspecified atom stereocenters. The van der Waals surface area contributed by atoms with Crippen LogP contribution in [-0.2, 0) is 14.8 Å². The fraction of sp³-hybridized carbons (Fsp3) is 0.467. The summed E-state index contributed by atoms with van der Waals surface area (Å²) in [5.74, 6) is 5.10. The molecule has 21 heavy (non-hydrogen) atoms. The summed E-state index contributed by atoms with van der Waals surface area (Å²) in [5.41, 5.74) is -0.235. The van der Waals surface area contributed by atoms with Crippen LogP contribution in [0.4, 0.5) is 0 Å². The molecule has 0 amide bonds. The quantitative estimate of drug-likeness (QED) is 0.772. The van der Waals surface area contributed by atoms with Gasteiger partial charge in [0.2, 0.25) is 10.0 Å². The Morgan fingerprint density at radius 3 is 2.62 bits per heavy atom. The number of hydrogen-bond acceptors (Lipinski definition) is 4. The number of ether oxygens (including phenoxy) is 1. The first-order valence-electron chi connectivity index (χ1n) is 6.65. The summed E-state index contributed by atoms with van der Waals surface area (Å²) in [6.45, 7) is 5.83. The van der Waals surface area contributed by atoms with Crippen molar-refractivity contribution in [2.24, 2.45) is 0 Å². The molecular weight excluding hydrogens is 290 g/mol. The highest BCUT2D eigenvalue weighted by molar-refractivity contribution is 7.89. The van der Waals surface area contributed by atoms with Gasteiger partial charge in [0.25, 0.3) is 0 Å². The summed E-state index contributed by atoms with van der Waals surface area (Å²) < 4.78 is 32.7. The molecule has 0 fully saturated rings. The maximum atomic E-state index is 12.4. The van der Waals surface area contributed by atoms with E-state index in [2.05, 4.69) is 16.6 Å². The summed E-state index contributed by atoms with van der Waals surface area (Å²) in [6.07, 6.45) is 0. The van der Waals surface area contributed by atoms with Crippen molar-refractivity contribution in [3.63, 3.8) is 0 Å². The van der Waals surface area contributed by atoms with Crippen molar-refractivity contribution in [1.29, 1.82) is 0 Å². The van der Waals surface area contributed by atoms with E-state index < -0.39 is 15.6 Å². The normalized spacial score (nSPS) is 11.8. The topological polar surface area (TPSA) is 75.6 Å². The first kappa shape index (κ1) is 17.7. The molecule has 1 aromatic rings. The van der Waals surface area contributed by atoms with Gasteiger partial charge in [0.05, 0.1) is 10.5 Å². The lowest BCUT2D eigenvalue weighted by Crippen LogP contribution is -2.40. The molecule has 0 saturated carbocycles. The van der Waals surface area contributed by atoms with Gasteiger partial charge in [-0.3, -0.25) is 0 Å². The van der Waals surface area contributed by atoms with Crippen LogP contribution in [0, 0.1) is 11.8 Å². The second-order valence-corrected chi connectivity index (χ2v) is 6.71. The summed E-state index contributed by atoms with van der Waals surface area (Å²) in [6, 6.07) is 6.42. The van der Waals surface area contributed by atoms with Crippen LogP contribution in [0.3, 0.4) is 0 Å². The fourth-order valence-corrected chi connectivity index (χ4v) is 3.09. The Hall–Kier alpha value is -1.39. The Bertz CT molecular complexity index is 627. The third kappa shape index (κ3) is 5.48. The molecule has 2 N–H and O–H groups in total. The van der Waals surface area contributed by atoms with Crippen molar-refractivity contribution in [1.82, 2.24) is 4.72 Å². The van der Waals surface area contributed by atoms with E-state index in [0.29, 0.717) is 12.2 Å². The van der Waals surface area contributed by atoms with E-state index in [1.54, 1.807) is 18.2 Å².